The maximum atomic E-state index is 6.47. The molecule has 19 heavy (non-hydrogen) atoms. The molecule has 0 N–H and O–H groups in total. The minimum absolute atomic E-state index is 0.358. The molecule has 0 saturated carbocycles. The van der Waals surface area contributed by atoms with Crippen LogP contribution in [0.5, 0.6) is 0 Å². The fourth-order valence-corrected chi connectivity index (χ4v) is 2.95. The van der Waals surface area contributed by atoms with E-state index in [0.29, 0.717) is 20.8 Å². The van der Waals surface area contributed by atoms with Gasteiger partial charge in [-0.05, 0) is 12.1 Å². The summed E-state index contributed by atoms with van der Waals surface area (Å²) < 4.78 is 0. The van der Waals surface area contributed by atoms with Crippen LogP contribution in [0.1, 0.15) is 0 Å². The second-order valence-electron chi connectivity index (χ2n) is 4.09. The summed E-state index contributed by atoms with van der Waals surface area (Å²) in [5, 5.41) is 2.40. The molecule has 0 unspecified atom stereocenters. The van der Waals surface area contributed by atoms with Crippen LogP contribution in [-0.2, 0) is 0 Å². The predicted molar refractivity (Wildman–Crippen MR) is 82.2 cm³/mol. The third kappa shape index (κ3) is 2.18. The van der Waals surface area contributed by atoms with Crippen molar-refractivity contribution in [3.05, 3.63) is 63.7 Å². The van der Waals surface area contributed by atoms with E-state index in [0.717, 1.165) is 16.5 Å². The topological polar surface area (TPSA) is 12.9 Å². The number of nitrogens with zero attached hydrogens (tertiary/aromatic N) is 1. The van der Waals surface area contributed by atoms with E-state index in [4.69, 9.17) is 34.8 Å². The van der Waals surface area contributed by atoms with Gasteiger partial charge in [-0.1, -0.05) is 71.2 Å². The van der Waals surface area contributed by atoms with Gasteiger partial charge in [-0.25, -0.2) is 4.98 Å². The zero-order chi connectivity index (χ0) is 13.4. The largest absolute Gasteiger partial charge is 0.235 e. The molecule has 0 amide bonds. The third-order valence-electron chi connectivity index (χ3n) is 2.93. The maximum absolute atomic E-state index is 6.47. The number of halogens is 3. The van der Waals surface area contributed by atoms with Gasteiger partial charge in [0.25, 0.3) is 0 Å². The highest BCUT2D eigenvalue weighted by Gasteiger charge is 2.15. The highest BCUT2D eigenvalue weighted by Crippen LogP contribution is 2.40. The Labute approximate surface area is 125 Å². The van der Waals surface area contributed by atoms with E-state index < -0.39 is 0 Å². The Morgan fingerprint density at radius 1 is 0.789 bits per heavy atom. The molecular weight excluding hydrogens is 301 g/mol. The number of aromatic nitrogens is 1. The van der Waals surface area contributed by atoms with Gasteiger partial charge in [-0.3, -0.25) is 0 Å². The third-order valence-corrected chi connectivity index (χ3v) is 3.92. The first-order valence-corrected chi connectivity index (χ1v) is 6.80. The summed E-state index contributed by atoms with van der Waals surface area (Å²) in [5.74, 6) is 0. The lowest BCUT2D eigenvalue weighted by atomic mass is 10.1. The van der Waals surface area contributed by atoms with Crippen LogP contribution in [0.2, 0.25) is 15.2 Å². The van der Waals surface area contributed by atoms with Crippen LogP contribution in [-0.4, -0.2) is 4.98 Å². The van der Waals surface area contributed by atoms with Gasteiger partial charge in [0.1, 0.15) is 5.15 Å². The van der Waals surface area contributed by atoms with Crippen molar-refractivity contribution < 1.29 is 0 Å². The molecule has 0 spiro atoms. The van der Waals surface area contributed by atoms with E-state index in [9.17, 15) is 0 Å². The van der Waals surface area contributed by atoms with Crippen molar-refractivity contribution in [3.63, 3.8) is 0 Å². The van der Waals surface area contributed by atoms with Crippen LogP contribution in [0, 0.1) is 0 Å². The van der Waals surface area contributed by atoms with Gasteiger partial charge in [-0.15, -0.1) is 0 Å². The van der Waals surface area contributed by atoms with Gasteiger partial charge in [0.05, 0.1) is 10.5 Å². The van der Waals surface area contributed by atoms with Crippen molar-refractivity contribution in [3.8, 4) is 11.1 Å². The standard InChI is InChI=1S/C15H8Cl3N/c16-11-7-3-1-5-9(11)13-14(17)10-6-2-4-8-12(10)19-15(13)18/h1-8H. The lowest BCUT2D eigenvalue weighted by Crippen LogP contribution is -1.89. The Bertz CT molecular complexity index is 768. The van der Waals surface area contributed by atoms with Crippen molar-refractivity contribution in [1.82, 2.24) is 4.98 Å². The highest BCUT2D eigenvalue weighted by molar-refractivity contribution is 6.43. The smallest absolute Gasteiger partial charge is 0.139 e. The molecule has 1 aromatic heterocycles. The van der Waals surface area contributed by atoms with Crippen LogP contribution in [0.3, 0.4) is 0 Å². The van der Waals surface area contributed by atoms with E-state index in [2.05, 4.69) is 4.98 Å². The summed E-state index contributed by atoms with van der Waals surface area (Å²) in [5.41, 5.74) is 2.23. The summed E-state index contributed by atoms with van der Waals surface area (Å²) in [6.07, 6.45) is 0. The molecule has 0 aliphatic rings. The Hall–Kier alpha value is -1.28. The summed E-state index contributed by atoms with van der Waals surface area (Å²) in [4.78, 5) is 4.38. The monoisotopic (exact) mass is 307 g/mol. The number of pyridine rings is 1. The van der Waals surface area contributed by atoms with Gasteiger partial charge < -0.3 is 0 Å². The van der Waals surface area contributed by atoms with Crippen molar-refractivity contribution >= 4 is 45.7 Å². The predicted octanol–water partition coefficient (Wildman–Crippen LogP) is 5.86. The highest BCUT2D eigenvalue weighted by atomic mass is 35.5. The van der Waals surface area contributed by atoms with Crippen molar-refractivity contribution in [2.75, 3.05) is 0 Å². The number of rotatable bonds is 1. The van der Waals surface area contributed by atoms with Crippen molar-refractivity contribution in [2.24, 2.45) is 0 Å². The molecule has 1 nitrogen and oxygen atoms in total. The first-order valence-electron chi connectivity index (χ1n) is 5.67. The van der Waals surface area contributed by atoms with Crippen LogP contribution in [0.25, 0.3) is 22.0 Å². The van der Waals surface area contributed by atoms with Crippen LogP contribution < -0.4 is 0 Å². The second kappa shape index (κ2) is 5.01. The molecule has 1 heterocycles. The van der Waals surface area contributed by atoms with Gasteiger partial charge >= 0.3 is 0 Å². The number of fused-ring (bicyclic) bond motifs is 1. The molecule has 4 heteroatoms. The van der Waals surface area contributed by atoms with Crippen LogP contribution >= 0.6 is 34.8 Å². The van der Waals surface area contributed by atoms with Crippen LogP contribution in [0.15, 0.2) is 48.5 Å². The lowest BCUT2D eigenvalue weighted by molar-refractivity contribution is 1.41. The Kier molecular flexibility index (Phi) is 3.36. The molecule has 0 radical (unpaired) electrons. The first kappa shape index (κ1) is 12.7. The Morgan fingerprint density at radius 3 is 2.26 bits per heavy atom. The summed E-state index contributed by atoms with van der Waals surface area (Å²) >= 11 is 18.9. The van der Waals surface area contributed by atoms with Gasteiger partial charge in [0.2, 0.25) is 0 Å². The average Bonchev–Trinajstić information content (AvgIpc) is 2.41. The van der Waals surface area contributed by atoms with Gasteiger partial charge in [0, 0.05) is 21.5 Å². The normalized spacial score (nSPS) is 10.9. The molecule has 94 valence electrons. The van der Waals surface area contributed by atoms with Crippen LogP contribution in [0.4, 0.5) is 0 Å². The zero-order valence-electron chi connectivity index (χ0n) is 9.70. The first-order chi connectivity index (χ1) is 9.18. The van der Waals surface area contributed by atoms with Crippen molar-refractivity contribution in [1.29, 1.82) is 0 Å². The Morgan fingerprint density at radius 2 is 1.47 bits per heavy atom. The molecule has 0 aliphatic carbocycles. The number of hydrogen-bond donors (Lipinski definition) is 0. The van der Waals surface area contributed by atoms with E-state index in [1.807, 2.05) is 42.5 Å². The molecule has 0 atom stereocenters. The van der Waals surface area contributed by atoms with E-state index in [1.54, 1.807) is 6.07 Å². The van der Waals surface area contributed by atoms with Gasteiger partial charge in [0.15, 0.2) is 0 Å². The zero-order valence-corrected chi connectivity index (χ0v) is 12.0. The van der Waals surface area contributed by atoms with Crippen molar-refractivity contribution in [2.45, 2.75) is 0 Å². The minimum atomic E-state index is 0.358. The number of benzene rings is 2. The average molecular weight is 309 g/mol. The fraction of sp³-hybridized carbons (Fsp3) is 0. The molecular formula is C15H8Cl3N. The minimum Gasteiger partial charge on any atom is -0.235 e. The molecule has 2 aromatic carbocycles. The number of hydrogen-bond acceptors (Lipinski definition) is 1. The van der Waals surface area contributed by atoms with E-state index in [1.165, 1.54) is 0 Å². The quantitative estimate of drug-likeness (QED) is 0.513. The Balaban J connectivity index is 2.39. The molecule has 0 aliphatic heterocycles. The summed E-state index contributed by atoms with van der Waals surface area (Å²) in [6.45, 7) is 0. The molecule has 0 fully saturated rings. The van der Waals surface area contributed by atoms with E-state index in [-0.39, 0.29) is 0 Å². The molecule has 0 saturated heterocycles. The maximum Gasteiger partial charge on any atom is 0.139 e. The summed E-state index contributed by atoms with van der Waals surface area (Å²) in [7, 11) is 0. The molecule has 3 aromatic rings. The fourth-order valence-electron chi connectivity index (χ4n) is 2.04. The second-order valence-corrected chi connectivity index (χ2v) is 5.23. The molecule has 0 bridgehead atoms. The SMILES string of the molecule is Clc1ccccc1-c1c(Cl)nc2ccccc2c1Cl. The lowest BCUT2D eigenvalue weighted by Gasteiger charge is -2.11. The van der Waals surface area contributed by atoms with E-state index >= 15 is 0 Å². The number of para-hydroxylation sites is 1. The summed E-state index contributed by atoms with van der Waals surface area (Å²) in [6, 6.07) is 15.1. The molecule has 3 rings (SSSR count). The van der Waals surface area contributed by atoms with Gasteiger partial charge in [-0.2, -0.15) is 0 Å².